The van der Waals surface area contributed by atoms with Crippen LogP contribution in [0.1, 0.15) is 38.6 Å². The molecule has 1 aliphatic rings. The summed E-state index contributed by atoms with van der Waals surface area (Å²) in [4.78, 5) is 30.1. The number of nitrogens with zero attached hydrogens (tertiary/aromatic N) is 1. The number of amides is 2. The van der Waals surface area contributed by atoms with Gasteiger partial charge in [-0.2, -0.15) is 0 Å². The highest BCUT2D eigenvalue weighted by molar-refractivity contribution is 5.86. The number of hydrogen-bond acceptors (Lipinski definition) is 3. The van der Waals surface area contributed by atoms with Crippen LogP contribution in [0.5, 0.6) is 0 Å². The summed E-state index contributed by atoms with van der Waals surface area (Å²) < 4.78 is 0. The van der Waals surface area contributed by atoms with E-state index in [2.05, 4.69) is 20.6 Å². The molecular weight excluding hydrogens is 248 g/mol. The second-order valence-electron chi connectivity index (χ2n) is 5.08. The summed E-state index contributed by atoms with van der Waals surface area (Å²) >= 11 is 0. The van der Waals surface area contributed by atoms with Gasteiger partial charge in [0.15, 0.2) is 0 Å². The molecule has 2 rings (SSSR count). The first kappa shape index (κ1) is 13.4. The van der Waals surface area contributed by atoms with E-state index < -0.39 is 17.5 Å². The van der Waals surface area contributed by atoms with Crippen LogP contribution in [-0.2, 0) is 4.79 Å². The molecule has 0 radical (unpaired) electrons. The zero-order valence-corrected chi connectivity index (χ0v) is 10.9. The van der Waals surface area contributed by atoms with Crippen molar-refractivity contribution in [2.75, 3.05) is 0 Å². The fourth-order valence-corrected chi connectivity index (χ4v) is 2.04. The average Bonchev–Trinajstić information content (AvgIpc) is 3.04. The molecule has 1 aromatic heterocycles. The molecule has 4 N–H and O–H groups in total. The number of carbonyl (C=O) groups excluding carboxylic acids is 1. The maximum atomic E-state index is 11.9. The van der Waals surface area contributed by atoms with Gasteiger partial charge in [0.1, 0.15) is 11.4 Å². The minimum absolute atomic E-state index is 0.00895. The van der Waals surface area contributed by atoms with Gasteiger partial charge in [0.05, 0.1) is 6.04 Å². The predicted octanol–water partition coefficient (Wildman–Crippen LogP) is 1.02. The van der Waals surface area contributed by atoms with Gasteiger partial charge >= 0.3 is 12.0 Å². The first-order valence-corrected chi connectivity index (χ1v) is 6.25. The van der Waals surface area contributed by atoms with E-state index in [1.54, 1.807) is 26.2 Å². The van der Waals surface area contributed by atoms with Crippen LogP contribution in [-0.4, -0.2) is 32.6 Å². The zero-order chi connectivity index (χ0) is 14.0. The molecule has 2 unspecified atom stereocenters. The van der Waals surface area contributed by atoms with Crippen LogP contribution < -0.4 is 10.6 Å². The van der Waals surface area contributed by atoms with Crippen molar-refractivity contribution in [2.24, 2.45) is 5.92 Å². The van der Waals surface area contributed by atoms with Crippen molar-refractivity contribution < 1.29 is 14.7 Å². The Morgan fingerprint density at radius 1 is 1.58 bits per heavy atom. The number of carbonyl (C=O) groups is 2. The minimum Gasteiger partial charge on any atom is -0.480 e. The highest BCUT2D eigenvalue weighted by atomic mass is 16.4. The Hall–Kier alpha value is -2.05. The Labute approximate surface area is 110 Å². The molecule has 0 aromatic carbocycles. The monoisotopic (exact) mass is 266 g/mol. The van der Waals surface area contributed by atoms with E-state index >= 15 is 0 Å². The van der Waals surface area contributed by atoms with Gasteiger partial charge in [-0.25, -0.2) is 14.6 Å². The van der Waals surface area contributed by atoms with E-state index in [9.17, 15) is 14.7 Å². The van der Waals surface area contributed by atoms with Gasteiger partial charge in [0, 0.05) is 12.4 Å². The number of aromatic nitrogens is 2. The fourth-order valence-electron chi connectivity index (χ4n) is 2.04. The smallest absolute Gasteiger partial charge is 0.329 e. The van der Waals surface area contributed by atoms with E-state index in [0.29, 0.717) is 5.82 Å². The molecule has 2 atom stereocenters. The van der Waals surface area contributed by atoms with Crippen LogP contribution >= 0.6 is 0 Å². The molecule has 19 heavy (non-hydrogen) atoms. The van der Waals surface area contributed by atoms with Crippen LogP contribution in [0.3, 0.4) is 0 Å². The lowest BCUT2D eigenvalue weighted by Crippen LogP contribution is -2.57. The van der Waals surface area contributed by atoms with Crippen molar-refractivity contribution in [1.82, 2.24) is 20.6 Å². The lowest BCUT2D eigenvalue weighted by molar-refractivity contribution is -0.144. The number of hydrogen-bond donors (Lipinski definition) is 4. The highest BCUT2D eigenvalue weighted by Gasteiger charge is 2.48. The Morgan fingerprint density at radius 3 is 2.74 bits per heavy atom. The van der Waals surface area contributed by atoms with Crippen molar-refractivity contribution >= 4 is 12.0 Å². The summed E-state index contributed by atoms with van der Waals surface area (Å²) in [5.41, 5.74) is -1.20. The number of nitrogens with one attached hydrogen (secondary N) is 3. The number of rotatable bonds is 5. The first-order valence-electron chi connectivity index (χ1n) is 6.25. The van der Waals surface area contributed by atoms with Crippen molar-refractivity contribution in [3.8, 4) is 0 Å². The molecule has 0 spiro atoms. The summed E-state index contributed by atoms with van der Waals surface area (Å²) in [5.74, 6) is -0.371. The second kappa shape index (κ2) is 4.91. The van der Waals surface area contributed by atoms with Crippen LogP contribution in [0.2, 0.25) is 0 Å². The van der Waals surface area contributed by atoms with Gasteiger partial charge in [-0.3, -0.25) is 0 Å². The molecule has 0 bridgehead atoms. The van der Waals surface area contributed by atoms with Gasteiger partial charge in [-0.1, -0.05) is 0 Å². The Morgan fingerprint density at radius 2 is 2.26 bits per heavy atom. The van der Waals surface area contributed by atoms with Gasteiger partial charge < -0.3 is 20.7 Å². The number of urea groups is 1. The van der Waals surface area contributed by atoms with E-state index in [4.69, 9.17) is 0 Å². The molecule has 0 aliphatic heterocycles. The third-order valence-electron chi connectivity index (χ3n) is 3.49. The lowest BCUT2D eigenvalue weighted by atomic mass is 9.96. The molecule has 1 fully saturated rings. The summed E-state index contributed by atoms with van der Waals surface area (Å²) in [6.45, 7) is 3.32. The van der Waals surface area contributed by atoms with Crippen LogP contribution in [0, 0.1) is 5.92 Å². The third-order valence-corrected chi connectivity index (χ3v) is 3.49. The Kier molecular flexibility index (Phi) is 3.46. The molecule has 1 aromatic rings. The molecular formula is C12H18N4O3. The van der Waals surface area contributed by atoms with E-state index in [1.807, 2.05) is 0 Å². The normalized spacial score (nSPS) is 19.3. The summed E-state index contributed by atoms with van der Waals surface area (Å²) in [6, 6.07) is -0.812. The number of carboxylic acids is 1. The number of H-pyrrole nitrogens is 1. The molecule has 7 heteroatoms. The quantitative estimate of drug-likeness (QED) is 0.638. The van der Waals surface area contributed by atoms with Crippen LogP contribution in [0.4, 0.5) is 4.79 Å². The molecule has 1 heterocycles. The molecule has 104 valence electrons. The standard InChI is InChI=1S/C12H18N4O3/c1-7(9-13-5-6-14-9)15-11(19)16-12(2,10(17)18)8-3-4-8/h5-8H,3-4H2,1-2H3,(H,13,14)(H,17,18)(H2,15,16,19). The topological polar surface area (TPSA) is 107 Å². The summed E-state index contributed by atoms with van der Waals surface area (Å²) in [6.07, 6.45) is 4.92. The first-order chi connectivity index (χ1) is 8.93. The SMILES string of the molecule is CC(NC(=O)NC(C)(C(=O)O)C1CC1)c1ncc[nH]1. The maximum absolute atomic E-state index is 11.9. The lowest BCUT2D eigenvalue weighted by Gasteiger charge is -2.27. The van der Waals surface area contributed by atoms with Crippen molar-refractivity contribution in [2.45, 2.75) is 38.3 Å². The molecule has 1 saturated carbocycles. The maximum Gasteiger partial charge on any atom is 0.329 e. The fraction of sp³-hybridized carbons (Fsp3) is 0.583. The van der Waals surface area contributed by atoms with E-state index in [1.165, 1.54) is 0 Å². The van der Waals surface area contributed by atoms with E-state index in [-0.39, 0.29) is 12.0 Å². The zero-order valence-electron chi connectivity index (χ0n) is 10.9. The Balaban J connectivity index is 1.95. The van der Waals surface area contributed by atoms with Gasteiger partial charge in [-0.05, 0) is 32.6 Å². The van der Waals surface area contributed by atoms with Crippen molar-refractivity contribution in [1.29, 1.82) is 0 Å². The van der Waals surface area contributed by atoms with E-state index in [0.717, 1.165) is 12.8 Å². The minimum atomic E-state index is -1.20. The number of aromatic amines is 1. The predicted molar refractivity (Wildman–Crippen MR) is 67.4 cm³/mol. The number of aliphatic carboxylic acids is 1. The van der Waals surface area contributed by atoms with Gasteiger partial charge in [0.25, 0.3) is 0 Å². The van der Waals surface area contributed by atoms with Crippen LogP contribution in [0.25, 0.3) is 0 Å². The molecule has 2 amide bonds. The molecule has 7 nitrogen and oxygen atoms in total. The van der Waals surface area contributed by atoms with Crippen LogP contribution in [0.15, 0.2) is 12.4 Å². The van der Waals surface area contributed by atoms with Crippen molar-refractivity contribution in [3.05, 3.63) is 18.2 Å². The highest BCUT2D eigenvalue weighted by Crippen LogP contribution is 2.39. The average molecular weight is 266 g/mol. The van der Waals surface area contributed by atoms with Gasteiger partial charge in [-0.15, -0.1) is 0 Å². The molecule has 0 saturated heterocycles. The second-order valence-corrected chi connectivity index (χ2v) is 5.08. The summed E-state index contributed by atoms with van der Waals surface area (Å²) in [7, 11) is 0. The Bertz CT molecular complexity index is 469. The van der Waals surface area contributed by atoms with Gasteiger partial charge in [0.2, 0.25) is 0 Å². The number of carboxylic acid groups (broad SMARTS) is 1. The molecule has 1 aliphatic carbocycles. The summed E-state index contributed by atoms with van der Waals surface area (Å²) in [5, 5.41) is 14.5. The number of imidazole rings is 1. The third kappa shape index (κ3) is 2.86. The largest absolute Gasteiger partial charge is 0.480 e. The van der Waals surface area contributed by atoms with Crippen molar-refractivity contribution in [3.63, 3.8) is 0 Å².